The third kappa shape index (κ3) is 5.08. The van der Waals surface area contributed by atoms with E-state index in [9.17, 15) is 9.90 Å². The molecule has 1 aromatic heterocycles. The number of allylic oxidation sites excluding steroid dienone is 2. The summed E-state index contributed by atoms with van der Waals surface area (Å²) in [5.74, 6) is -0.180. The van der Waals surface area contributed by atoms with Gasteiger partial charge in [-0.25, -0.2) is 9.78 Å². The number of pyridine rings is 1. The number of ether oxygens (including phenoxy) is 1. The first-order valence-corrected chi connectivity index (χ1v) is 11.0. The average molecular weight is 430 g/mol. The van der Waals surface area contributed by atoms with Crippen molar-refractivity contribution in [3.63, 3.8) is 0 Å². The Labute approximate surface area is 190 Å². The zero-order valence-electron chi connectivity index (χ0n) is 19.1. The van der Waals surface area contributed by atoms with E-state index >= 15 is 0 Å². The van der Waals surface area contributed by atoms with Gasteiger partial charge in [-0.3, -0.25) is 0 Å². The SMILES string of the molecule is C=C(CC)CCC(=C)C(c1cccc2nc(OC)ccc12)C(C)c1ccc(C(=O)O)cc1. The van der Waals surface area contributed by atoms with Gasteiger partial charge in [-0.2, -0.15) is 0 Å². The Morgan fingerprint density at radius 1 is 1.06 bits per heavy atom. The van der Waals surface area contributed by atoms with Crippen molar-refractivity contribution in [2.45, 2.75) is 44.9 Å². The van der Waals surface area contributed by atoms with Crippen molar-refractivity contribution in [2.75, 3.05) is 7.11 Å². The second-order valence-electron chi connectivity index (χ2n) is 8.22. The Balaban J connectivity index is 2.06. The first kappa shape index (κ1) is 23.3. The summed E-state index contributed by atoms with van der Waals surface area (Å²) < 4.78 is 5.31. The number of carbonyl (C=O) groups is 1. The number of aromatic carboxylic acids is 1. The Bertz CT molecular complexity index is 1130. The maximum atomic E-state index is 11.3. The standard InChI is InChI=1S/C28H31NO3/c1-6-18(2)10-11-19(3)27(20(4)21-12-14-22(15-13-21)28(30)31)24-8-7-9-25-23(24)16-17-26(29-25)32-5/h7-9,12-17,20,27H,2-3,6,10-11H2,1,4-5H3,(H,30,31). The topological polar surface area (TPSA) is 59.4 Å². The number of nitrogens with zero attached hydrogens (tertiary/aromatic N) is 1. The molecule has 0 spiro atoms. The molecule has 0 fully saturated rings. The molecule has 0 aliphatic rings. The fourth-order valence-corrected chi connectivity index (χ4v) is 4.18. The average Bonchev–Trinajstić information content (AvgIpc) is 2.82. The van der Waals surface area contributed by atoms with E-state index in [0.717, 1.165) is 41.3 Å². The predicted octanol–water partition coefficient (Wildman–Crippen LogP) is 7.13. The Morgan fingerprint density at radius 3 is 2.41 bits per heavy atom. The van der Waals surface area contributed by atoms with E-state index in [1.54, 1.807) is 19.2 Å². The van der Waals surface area contributed by atoms with Gasteiger partial charge in [-0.05, 0) is 60.6 Å². The molecule has 0 saturated carbocycles. The van der Waals surface area contributed by atoms with Crippen LogP contribution in [0, 0.1) is 0 Å². The van der Waals surface area contributed by atoms with Crippen LogP contribution in [0.2, 0.25) is 0 Å². The third-order valence-corrected chi connectivity index (χ3v) is 6.21. The van der Waals surface area contributed by atoms with Crippen LogP contribution in [0.25, 0.3) is 10.9 Å². The molecule has 3 rings (SSSR count). The molecule has 3 aromatic rings. The maximum Gasteiger partial charge on any atom is 0.335 e. The highest BCUT2D eigenvalue weighted by atomic mass is 16.5. The van der Waals surface area contributed by atoms with Crippen LogP contribution in [0.15, 0.2) is 78.9 Å². The molecule has 1 N–H and O–H groups in total. The summed E-state index contributed by atoms with van der Waals surface area (Å²) in [6, 6.07) is 17.3. The molecule has 0 aliphatic carbocycles. The second kappa shape index (κ2) is 10.3. The summed E-state index contributed by atoms with van der Waals surface area (Å²) in [6.45, 7) is 12.9. The van der Waals surface area contributed by atoms with Crippen molar-refractivity contribution < 1.29 is 14.6 Å². The van der Waals surface area contributed by atoms with Crippen LogP contribution in [0.3, 0.4) is 0 Å². The molecule has 32 heavy (non-hydrogen) atoms. The number of methoxy groups -OCH3 is 1. The van der Waals surface area contributed by atoms with Crippen molar-refractivity contribution >= 4 is 16.9 Å². The predicted molar refractivity (Wildman–Crippen MR) is 131 cm³/mol. The molecule has 0 bridgehead atoms. The molecule has 0 saturated heterocycles. The molecule has 1 heterocycles. The van der Waals surface area contributed by atoms with E-state index in [1.165, 1.54) is 11.1 Å². The number of rotatable bonds is 10. The zero-order chi connectivity index (χ0) is 23.3. The lowest BCUT2D eigenvalue weighted by Crippen LogP contribution is -2.12. The molecule has 0 amide bonds. The minimum Gasteiger partial charge on any atom is -0.481 e. The van der Waals surface area contributed by atoms with E-state index in [4.69, 9.17) is 4.74 Å². The highest BCUT2D eigenvalue weighted by Gasteiger charge is 2.26. The monoisotopic (exact) mass is 429 g/mol. The van der Waals surface area contributed by atoms with E-state index < -0.39 is 5.97 Å². The van der Waals surface area contributed by atoms with Gasteiger partial charge >= 0.3 is 5.97 Å². The summed E-state index contributed by atoms with van der Waals surface area (Å²) in [4.78, 5) is 15.9. The fourth-order valence-electron chi connectivity index (χ4n) is 4.18. The fraction of sp³-hybridized carbons (Fsp3) is 0.286. The van der Waals surface area contributed by atoms with Gasteiger partial charge in [0.15, 0.2) is 0 Å². The minimum atomic E-state index is -0.919. The van der Waals surface area contributed by atoms with E-state index in [1.807, 2.05) is 30.3 Å². The molecular weight excluding hydrogens is 398 g/mol. The van der Waals surface area contributed by atoms with E-state index in [-0.39, 0.29) is 17.4 Å². The van der Waals surface area contributed by atoms with Gasteiger partial charge in [0.05, 0.1) is 18.2 Å². The van der Waals surface area contributed by atoms with E-state index in [2.05, 4.69) is 44.1 Å². The van der Waals surface area contributed by atoms with Gasteiger partial charge in [-0.15, -0.1) is 0 Å². The maximum absolute atomic E-state index is 11.3. The molecule has 4 heteroatoms. The number of aromatic nitrogens is 1. The molecule has 4 nitrogen and oxygen atoms in total. The number of carboxylic acid groups (broad SMARTS) is 1. The molecule has 0 radical (unpaired) electrons. The number of fused-ring (bicyclic) bond motifs is 1. The van der Waals surface area contributed by atoms with Crippen molar-refractivity contribution in [3.8, 4) is 5.88 Å². The lowest BCUT2D eigenvalue weighted by molar-refractivity contribution is 0.0697. The number of hydrogen-bond donors (Lipinski definition) is 1. The van der Waals surface area contributed by atoms with Crippen LogP contribution < -0.4 is 4.74 Å². The zero-order valence-corrected chi connectivity index (χ0v) is 19.1. The quantitative estimate of drug-likeness (QED) is 0.348. The van der Waals surface area contributed by atoms with Crippen LogP contribution in [-0.4, -0.2) is 23.2 Å². The molecule has 0 aliphatic heterocycles. The third-order valence-electron chi connectivity index (χ3n) is 6.21. The van der Waals surface area contributed by atoms with Crippen LogP contribution in [0.1, 0.15) is 66.4 Å². The summed E-state index contributed by atoms with van der Waals surface area (Å²) in [6.07, 6.45) is 2.73. The van der Waals surface area contributed by atoms with Crippen LogP contribution in [-0.2, 0) is 0 Å². The first-order valence-electron chi connectivity index (χ1n) is 11.0. The lowest BCUT2D eigenvalue weighted by atomic mass is 9.75. The van der Waals surface area contributed by atoms with Crippen molar-refractivity contribution in [3.05, 3.63) is 95.6 Å². The second-order valence-corrected chi connectivity index (χ2v) is 8.22. The molecule has 2 atom stereocenters. The van der Waals surface area contributed by atoms with Gasteiger partial charge in [0.2, 0.25) is 5.88 Å². The largest absolute Gasteiger partial charge is 0.481 e. The highest BCUT2D eigenvalue weighted by molar-refractivity contribution is 5.87. The highest BCUT2D eigenvalue weighted by Crippen LogP contribution is 2.42. The Hall–Kier alpha value is -3.40. The Morgan fingerprint density at radius 2 is 1.78 bits per heavy atom. The van der Waals surface area contributed by atoms with E-state index in [0.29, 0.717) is 5.88 Å². The number of hydrogen-bond acceptors (Lipinski definition) is 3. The molecule has 2 unspecified atom stereocenters. The van der Waals surface area contributed by atoms with Gasteiger partial charge in [0.25, 0.3) is 0 Å². The summed E-state index contributed by atoms with van der Waals surface area (Å²) in [7, 11) is 1.62. The van der Waals surface area contributed by atoms with Crippen LogP contribution >= 0.6 is 0 Å². The first-order chi connectivity index (χ1) is 15.3. The van der Waals surface area contributed by atoms with Gasteiger partial charge in [0, 0.05) is 17.4 Å². The summed E-state index contributed by atoms with van der Waals surface area (Å²) in [5, 5.41) is 10.3. The number of carboxylic acids is 1. The molecule has 166 valence electrons. The van der Waals surface area contributed by atoms with Gasteiger partial charge < -0.3 is 9.84 Å². The van der Waals surface area contributed by atoms with Crippen molar-refractivity contribution in [2.24, 2.45) is 0 Å². The van der Waals surface area contributed by atoms with Gasteiger partial charge in [0.1, 0.15) is 0 Å². The smallest absolute Gasteiger partial charge is 0.335 e. The van der Waals surface area contributed by atoms with Crippen LogP contribution in [0.4, 0.5) is 0 Å². The lowest BCUT2D eigenvalue weighted by Gasteiger charge is -2.28. The van der Waals surface area contributed by atoms with Crippen molar-refractivity contribution in [1.82, 2.24) is 4.98 Å². The van der Waals surface area contributed by atoms with Crippen molar-refractivity contribution in [1.29, 1.82) is 0 Å². The summed E-state index contributed by atoms with van der Waals surface area (Å²) >= 11 is 0. The van der Waals surface area contributed by atoms with Gasteiger partial charge in [-0.1, -0.05) is 62.4 Å². The number of benzene rings is 2. The molecule has 2 aromatic carbocycles. The summed E-state index contributed by atoms with van der Waals surface area (Å²) in [5.41, 5.74) is 5.77. The molecular formula is C28H31NO3. The normalized spacial score (nSPS) is 12.8. The Kier molecular flexibility index (Phi) is 7.47. The minimum absolute atomic E-state index is 0.0502. The van der Waals surface area contributed by atoms with Crippen LogP contribution in [0.5, 0.6) is 5.88 Å².